The normalized spacial score (nSPS) is 13.0. The van der Waals surface area contributed by atoms with Crippen LogP contribution in [0.4, 0.5) is 4.39 Å². The fourth-order valence-electron chi connectivity index (χ4n) is 6.37. The maximum atomic E-state index is 14.5. The van der Waals surface area contributed by atoms with Crippen LogP contribution in [0.1, 0.15) is 21.5 Å². The molecule has 1 aliphatic heterocycles. The third-order valence-corrected chi connectivity index (χ3v) is 8.46. The zero-order valence-corrected chi connectivity index (χ0v) is 24.5. The topological polar surface area (TPSA) is 97.1 Å². The zero-order chi connectivity index (χ0) is 30.4. The number of carbonyl (C=O) groups excluding carboxylic acids is 1. The SMILES string of the molecule is COc1cc2c(cc1-c1cnn(C)c1)-c1cc(C(=O)N[C@@H](CO)Cc3c[nH]c4ccccc34)c(-c3cccc(F)c3)n1CC2. The van der Waals surface area contributed by atoms with Gasteiger partial charge in [-0.05, 0) is 60.4 Å². The van der Waals surface area contributed by atoms with Crippen molar-refractivity contribution in [1.82, 2.24) is 24.6 Å². The summed E-state index contributed by atoms with van der Waals surface area (Å²) in [7, 11) is 3.53. The molecular weight excluding hydrogens is 557 g/mol. The number of methoxy groups -OCH3 is 1. The Kier molecular flexibility index (Phi) is 7.02. The van der Waals surface area contributed by atoms with Gasteiger partial charge in [-0.2, -0.15) is 5.10 Å². The summed E-state index contributed by atoms with van der Waals surface area (Å²) >= 11 is 0. The number of hydrogen-bond acceptors (Lipinski definition) is 4. The minimum absolute atomic E-state index is 0.231. The van der Waals surface area contributed by atoms with Crippen molar-refractivity contribution in [2.24, 2.45) is 7.05 Å². The highest BCUT2D eigenvalue weighted by molar-refractivity contribution is 6.03. The number of rotatable bonds is 8. The van der Waals surface area contributed by atoms with E-state index in [2.05, 4.69) is 32.1 Å². The molecule has 0 spiro atoms. The maximum Gasteiger partial charge on any atom is 0.253 e. The van der Waals surface area contributed by atoms with Crippen LogP contribution < -0.4 is 10.1 Å². The Morgan fingerprint density at radius 3 is 2.75 bits per heavy atom. The molecule has 3 aromatic heterocycles. The summed E-state index contributed by atoms with van der Waals surface area (Å²) < 4.78 is 24.1. The highest BCUT2D eigenvalue weighted by Gasteiger charge is 2.29. The Hall–Kier alpha value is -5.15. The van der Waals surface area contributed by atoms with E-state index in [1.165, 1.54) is 12.1 Å². The van der Waals surface area contributed by atoms with E-state index >= 15 is 0 Å². The molecule has 3 N–H and O–H groups in total. The minimum Gasteiger partial charge on any atom is -0.496 e. The molecule has 0 saturated heterocycles. The van der Waals surface area contributed by atoms with Gasteiger partial charge in [-0.1, -0.05) is 30.3 Å². The molecule has 44 heavy (non-hydrogen) atoms. The quantitative estimate of drug-likeness (QED) is 0.211. The van der Waals surface area contributed by atoms with Crippen LogP contribution in [0.5, 0.6) is 5.75 Å². The van der Waals surface area contributed by atoms with Gasteiger partial charge in [0.05, 0.1) is 37.2 Å². The molecule has 8 nitrogen and oxygen atoms in total. The van der Waals surface area contributed by atoms with E-state index in [0.29, 0.717) is 36.2 Å². The number of aromatic nitrogens is 4. The number of nitrogens with one attached hydrogen (secondary N) is 2. The first-order valence-corrected chi connectivity index (χ1v) is 14.6. The first-order valence-electron chi connectivity index (χ1n) is 14.6. The number of fused-ring (bicyclic) bond motifs is 4. The molecule has 4 heterocycles. The van der Waals surface area contributed by atoms with Crippen molar-refractivity contribution in [2.45, 2.75) is 25.4 Å². The lowest BCUT2D eigenvalue weighted by molar-refractivity contribution is 0.0917. The Morgan fingerprint density at radius 2 is 1.98 bits per heavy atom. The number of aryl methyl sites for hydroxylation is 2. The predicted molar refractivity (Wildman–Crippen MR) is 168 cm³/mol. The van der Waals surface area contributed by atoms with E-state index in [0.717, 1.165) is 50.2 Å². The number of benzene rings is 3. The van der Waals surface area contributed by atoms with E-state index < -0.39 is 6.04 Å². The van der Waals surface area contributed by atoms with E-state index in [1.54, 1.807) is 24.1 Å². The Bertz CT molecular complexity index is 2020. The van der Waals surface area contributed by atoms with Crippen molar-refractivity contribution in [3.05, 3.63) is 108 Å². The molecule has 1 aliphatic rings. The van der Waals surface area contributed by atoms with Gasteiger partial charge in [-0.3, -0.25) is 9.48 Å². The van der Waals surface area contributed by atoms with Crippen LogP contribution in [0.2, 0.25) is 0 Å². The van der Waals surface area contributed by atoms with Gasteiger partial charge >= 0.3 is 0 Å². The number of aliphatic hydroxyl groups is 1. The lowest BCUT2D eigenvalue weighted by Crippen LogP contribution is -2.39. The average molecular weight is 590 g/mol. The number of nitrogens with zero attached hydrogens (tertiary/aromatic N) is 3. The summed E-state index contributed by atoms with van der Waals surface area (Å²) in [4.78, 5) is 17.3. The molecule has 3 aromatic carbocycles. The second-order valence-corrected chi connectivity index (χ2v) is 11.2. The van der Waals surface area contributed by atoms with Crippen molar-refractivity contribution >= 4 is 16.8 Å². The number of para-hydroxylation sites is 1. The number of ether oxygens (including phenoxy) is 1. The van der Waals surface area contributed by atoms with Crippen molar-refractivity contribution in [3.8, 4) is 39.4 Å². The monoisotopic (exact) mass is 589 g/mol. The lowest BCUT2D eigenvalue weighted by atomic mass is 9.93. The maximum absolute atomic E-state index is 14.5. The standard InChI is InChI=1S/C35H32FN5O3/c1-40-19-24(18-38-40)29-15-28-21(14-33(29)44-2)10-11-41-32(28)16-30(34(41)22-6-5-7-25(36)12-22)35(43)39-26(20-42)13-23-17-37-31-9-4-3-8-27(23)31/h3-9,12,14-19,26,37,42H,10-11,13,20H2,1-2H3,(H,39,43)/t26-/m1/s1. The lowest BCUT2D eigenvalue weighted by Gasteiger charge is -2.23. The van der Waals surface area contributed by atoms with Crippen LogP contribution >= 0.6 is 0 Å². The van der Waals surface area contributed by atoms with Gasteiger partial charge in [0.15, 0.2) is 0 Å². The van der Waals surface area contributed by atoms with Gasteiger partial charge in [0.1, 0.15) is 11.6 Å². The molecule has 222 valence electrons. The summed E-state index contributed by atoms with van der Waals surface area (Å²) in [6.07, 6.45) is 6.81. The third-order valence-electron chi connectivity index (χ3n) is 8.46. The number of halogens is 1. The smallest absolute Gasteiger partial charge is 0.253 e. The van der Waals surface area contributed by atoms with Crippen LogP contribution in [0.25, 0.3) is 44.5 Å². The Labute approximate surface area is 253 Å². The molecular formula is C35H32FN5O3. The van der Waals surface area contributed by atoms with Crippen molar-refractivity contribution < 1.29 is 19.0 Å². The molecule has 0 aliphatic carbocycles. The number of aliphatic hydroxyl groups excluding tert-OH is 1. The minimum atomic E-state index is -0.521. The number of hydrogen-bond donors (Lipinski definition) is 3. The molecule has 9 heteroatoms. The summed E-state index contributed by atoms with van der Waals surface area (Å²) in [6.45, 7) is 0.376. The molecule has 0 saturated carbocycles. The molecule has 1 atom stereocenters. The van der Waals surface area contributed by atoms with Gasteiger partial charge in [0.25, 0.3) is 5.91 Å². The van der Waals surface area contributed by atoms with Gasteiger partial charge < -0.3 is 24.7 Å². The van der Waals surface area contributed by atoms with Crippen LogP contribution in [0.15, 0.2) is 85.3 Å². The largest absolute Gasteiger partial charge is 0.496 e. The first kappa shape index (κ1) is 27.7. The van der Waals surface area contributed by atoms with Gasteiger partial charge in [-0.15, -0.1) is 0 Å². The van der Waals surface area contributed by atoms with E-state index in [1.807, 2.05) is 55.8 Å². The van der Waals surface area contributed by atoms with Crippen molar-refractivity contribution in [1.29, 1.82) is 0 Å². The number of H-pyrrole nitrogens is 1. The van der Waals surface area contributed by atoms with Crippen LogP contribution in [-0.2, 0) is 26.4 Å². The van der Waals surface area contributed by atoms with Crippen molar-refractivity contribution in [3.63, 3.8) is 0 Å². The van der Waals surface area contributed by atoms with Crippen molar-refractivity contribution in [2.75, 3.05) is 13.7 Å². The molecule has 7 rings (SSSR count). The highest BCUT2D eigenvalue weighted by Crippen LogP contribution is 2.43. The van der Waals surface area contributed by atoms with Crippen LogP contribution in [0, 0.1) is 5.82 Å². The van der Waals surface area contributed by atoms with E-state index in [-0.39, 0.29) is 18.3 Å². The fourth-order valence-corrected chi connectivity index (χ4v) is 6.37. The number of aromatic amines is 1. The predicted octanol–water partition coefficient (Wildman–Crippen LogP) is 5.74. The highest BCUT2D eigenvalue weighted by atomic mass is 19.1. The van der Waals surface area contributed by atoms with Gasteiger partial charge in [0.2, 0.25) is 0 Å². The fraction of sp³-hybridized carbons (Fsp3) is 0.200. The Morgan fingerprint density at radius 1 is 1.11 bits per heavy atom. The number of carbonyl (C=O) groups is 1. The average Bonchev–Trinajstić information content (AvgIpc) is 3.77. The summed E-state index contributed by atoms with van der Waals surface area (Å²) in [5.74, 6) is 0.0486. The van der Waals surface area contributed by atoms with Gasteiger partial charge in [0, 0.05) is 64.8 Å². The van der Waals surface area contributed by atoms with Crippen LogP contribution in [0.3, 0.4) is 0 Å². The van der Waals surface area contributed by atoms with E-state index in [9.17, 15) is 14.3 Å². The second kappa shape index (κ2) is 11.2. The second-order valence-electron chi connectivity index (χ2n) is 11.2. The summed E-state index contributed by atoms with van der Waals surface area (Å²) in [5, 5.41) is 18.8. The number of amides is 1. The Balaban J connectivity index is 1.31. The van der Waals surface area contributed by atoms with Crippen LogP contribution in [-0.4, -0.2) is 50.1 Å². The van der Waals surface area contributed by atoms with E-state index in [4.69, 9.17) is 4.74 Å². The molecule has 0 unspecified atom stereocenters. The summed E-state index contributed by atoms with van der Waals surface area (Å²) in [6, 6.07) is 19.8. The molecule has 1 amide bonds. The zero-order valence-electron chi connectivity index (χ0n) is 24.5. The molecule has 0 fully saturated rings. The van der Waals surface area contributed by atoms with Gasteiger partial charge in [-0.25, -0.2) is 4.39 Å². The molecule has 0 radical (unpaired) electrons. The molecule has 0 bridgehead atoms. The first-order chi connectivity index (χ1) is 21.4. The third kappa shape index (κ3) is 4.85. The molecule has 6 aromatic rings. The summed E-state index contributed by atoms with van der Waals surface area (Å²) in [5.41, 5.74) is 8.44.